The highest BCUT2D eigenvalue weighted by atomic mass is 79.9. The van der Waals surface area contributed by atoms with Gasteiger partial charge in [0.25, 0.3) is 5.91 Å². The van der Waals surface area contributed by atoms with Crippen molar-refractivity contribution in [3.8, 4) is 0 Å². The highest BCUT2D eigenvalue weighted by molar-refractivity contribution is 9.10. The van der Waals surface area contributed by atoms with Crippen molar-refractivity contribution in [3.05, 3.63) is 64.1 Å². The maximum Gasteiger partial charge on any atom is 0.251 e. The first kappa shape index (κ1) is 23.0. The molecular formula is C23H27BrN4O3. The van der Waals surface area contributed by atoms with Gasteiger partial charge in [-0.05, 0) is 42.3 Å². The second-order valence-corrected chi connectivity index (χ2v) is 8.32. The first-order valence-corrected chi connectivity index (χ1v) is 11.2. The third-order valence-electron chi connectivity index (χ3n) is 5.27. The van der Waals surface area contributed by atoms with Crippen molar-refractivity contribution in [2.24, 2.45) is 0 Å². The summed E-state index contributed by atoms with van der Waals surface area (Å²) in [5, 5.41) is 5.66. The number of nitrogens with zero attached hydrogens (tertiary/aromatic N) is 2. The number of carbonyl (C=O) groups is 3. The van der Waals surface area contributed by atoms with Crippen LogP contribution in [0.3, 0.4) is 0 Å². The quantitative estimate of drug-likeness (QED) is 0.629. The van der Waals surface area contributed by atoms with Crippen molar-refractivity contribution in [1.82, 2.24) is 15.1 Å². The van der Waals surface area contributed by atoms with Gasteiger partial charge in [0.05, 0.1) is 13.1 Å². The zero-order valence-electron chi connectivity index (χ0n) is 17.6. The van der Waals surface area contributed by atoms with Gasteiger partial charge in [0.1, 0.15) is 0 Å². The Labute approximate surface area is 190 Å². The third kappa shape index (κ3) is 6.63. The number of hydrogen-bond acceptors (Lipinski definition) is 4. The van der Waals surface area contributed by atoms with Gasteiger partial charge in [-0.25, -0.2) is 0 Å². The van der Waals surface area contributed by atoms with Crippen LogP contribution in [0.4, 0.5) is 5.69 Å². The van der Waals surface area contributed by atoms with Gasteiger partial charge in [0.15, 0.2) is 0 Å². The highest BCUT2D eigenvalue weighted by Gasteiger charge is 2.23. The molecular weight excluding hydrogens is 460 g/mol. The largest absolute Gasteiger partial charge is 0.343 e. The minimum absolute atomic E-state index is 0.0385. The molecule has 31 heavy (non-hydrogen) atoms. The van der Waals surface area contributed by atoms with Crippen LogP contribution >= 0.6 is 15.9 Å². The molecule has 1 heterocycles. The predicted molar refractivity (Wildman–Crippen MR) is 124 cm³/mol. The van der Waals surface area contributed by atoms with E-state index in [4.69, 9.17) is 0 Å². The Morgan fingerprint density at radius 1 is 0.968 bits per heavy atom. The Hall–Kier alpha value is -2.71. The van der Waals surface area contributed by atoms with Crippen LogP contribution in [0.5, 0.6) is 0 Å². The second kappa shape index (κ2) is 11.1. The summed E-state index contributed by atoms with van der Waals surface area (Å²) in [6, 6.07) is 14.8. The summed E-state index contributed by atoms with van der Waals surface area (Å²) in [5.74, 6) is -0.447. The lowest BCUT2D eigenvalue weighted by molar-refractivity contribution is -0.132. The minimum Gasteiger partial charge on any atom is -0.343 e. The molecule has 0 aliphatic carbocycles. The van der Waals surface area contributed by atoms with E-state index in [9.17, 15) is 14.4 Å². The number of rotatable bonds is 7. The van der Waals surface area contributed by atoms with Crippen LogP contribution in [0.15, 0.2) is 53.0 Å². The van der Waals surface area contributed by atoms with E-state index >= 15 is 0 Å². The molecule has 2 aromatic rings. The van der Waals surface area contributed by atoms with E-state index in [1.54, 1.807) is 29.2 Å². The standard InChI is InChI=1S/C23H27BrN4O3/c1-2-17-5-3-4-6-20(17)26-21(29)16-27-11-13-28(14-12-27)22(30)15-25-23(31)18-7-9-19(24)10-8-18/h3-10H,2,11-16H2,1H3,(H,25,31)(H,26,29). The summed E-state index contributed by atoms with van der Waals surface area (Å²) in [5.41, 5.74) is 2.47. The molecule has 1 fully saturated rings. The number of benzene rings is 2. The fourth-order valence-corrected chi connectivity index (χ4v) is 3.73. The van der Waals surface area contributed by atoms with E-state index in [-0.39, 0.29) is 24.3 Å². The van der Waals surface area contributed by atoms with Crippen molar-refractivity contribution >= 4 is 39.3 Å². The van der Waals surface area contributed by atoms with Crippen LogP contribution in [0, 0.1) is 0 Å². The van der Waals surface area contributed by atoms with Crippen molar-refractivity contribution < 1.29 is 14.4 Å². The molecule has 0 aromatic heterocycles. The molecule has 1 aliphatic heterocycles. The van der Waals surface area contributed by atoms with Crippen molar-refractivity contribution in [1.29, 1.82) is 0 Å². The molecule has 3 rings (SSSR count). The van der Waals surface area contributed by atoms with Gasteiger partial charge in [-0.3, -0.25) is 19.3 Å². The van der Waals surface area contributed by atoms with Crippen LogP contribution in [0.1, 0.15) is 22.8 Å². The van der Waals surface area contributed by atoms with Crippen LogP contribution < -0.4 is 10.6 Å². The Morgan fingerprint density at radius 3 is 2.32 bits per heavy atom. The highest BCUT2D eigenvalue weighted by Crippen LogP contribution is 2.15. The smallest absolute Gasteiger partial charge is 0.251 e. The lowest BCUT2D eigenvalue weighted by atomic mass is 10.1. The Morgan fingerprint density at radius 2 is 1.65 bits per heavy atom. The lowest BCUT2D eigenvalue weighted by Gasteiger charge is -2.34. The molecule has 0 bridgehead atoms. The molecule has 0 spiro atoms. The maximum atomic E-state index is 12.4. The van der Waals surface area contributed by atoms with E-state index < -0.39 is 0 Å². The van der Waals surface area contributed by atoms with E-state index in [0.29, 0.717) is 38.3 Å². The maximum absolute atomic E-state index is 12.4. The summed E-state index contributed by atoms with van der Waals surface area (Å²) in [6.45, 7) is 4.62. The molecule has 0 radical (unpaired) electrons. The molecule has 0 unspecified atom stereocenters. The fourth-order valence-electron chi connectivity index (χ4n) is 3.47. The SMILES string of the molecule is CCc1ccccc1NC(=O)CN1CCN(C(=O)CNC(=O)c2ccc(Br)cc2)CC1. The number of amides is 3. The number of anilines is 1. The molecule has 8 heteroatoms. The zero-order chi connectivity index (χ0) is 22.2. The van der Waals surface area contributed by atoms with Crippen LogP contribution in [-0.4, -0.2) is 66.8 Å². The summed E-state index contributed by atoms with van der Waals surface area (Å²) < 4.78 is 0.890. The molecule has 7 nitrogen and oxygen atoms in total. The van der Waals surface area contributed by atoms with Gasteiger partial charge >= 0.3 is 0 Å². The number of hydrogen-bond donors (Lipinski definition) is 2. The molecule has 3 amide bonds. The van der Waals surface area contributed by atoms with Gasteiger partial charge in [0, 0.05) is 41.9 Å². The van der Waals surface area contributed by atoms with Gasteiger partial charge in [-0.2, -0.15) is 0 Å². The number of piperazine rings is 1. The number of nitrogens with one attached hydrogen (secondary N) is 2. The molecule has 0 atom stereocenters. The van der Waals surface area contributed by atoms with Crippen molar-refractivity contribution in [3.63, 3.8) is 0 Å². The third-order valence-corrected chi connectivity index (χ3v) is 5.80. The molecule has 2 aromatic carbocycles. The number of aryl methyl sites for hydroxylation is 1. The van der Waals surface area contributed by atoms with Crippen molar-refractivity contribution in [2.45, 2.75) is 13.3 Å². The Bertz CT molecular complexity index is 925. The Balaban J connectivity index is 1.40. The minimum atomic E-state index is -0.275. The second-order valence-electron chi connectivity index (χ2n) is 7.41. The summed E-state index contributed by atoms with van der Waals surface area (Å²) in [6.07, 6.45) is 0.857. The average molecular weight is 487 g/mol. The summed E-state index contributed by atoms with van der Waals surface area (Å²) >= 11 is 3.33. The topological polar surface area (TPSA) is 81.8 Å². The number of carbonyl (C=O) groups excluding carboxylic acids is 3. The number of para-hydroxylation sites is 1. The molecule has 164 valence electrons. The first-order valence-electron chi connectivity index (χ1n) is 10.4. The van der Waals surface area contributed by atoms with Crippen LogP contribution in [0.25, 0.3) is 0 Å². The average Bonchev–Trinajstić information content (AvgIpc) is 2.78. The lowest BCUT2D eigenvalue weighted by Crippen LogP contribution is -2.52. The van der Waals surface area contributed by atoms with E-state index in [1.165, 1.54) is 0 Å². The fraction of sp³-hybridized carbons (Fsp3) is 0.348. The molecule has 2 N–H and O–H groups in total. The first-order chi connectivity index (χ1) is 15.0. The molecule has 1 saturated heterocycles. The van der Waals surface area contributed by atoms with Crippen LogP contribution in [-0.2, 0) is 16.0 Å². The van der Waals surface area contributed by atoms with E-state index in [2.05, 4.69) is 33.5 Å². The normalized spacial score (nSPS) is 14.2. The monoisotopic (exact) mass is 486 g/mol. The van der Waals surface area contributed by atoms with Gasteiger partial charge < -0.3 is 15.5 Å². The molecule has 1 aliphatic rings. The Kier molecular flexibility index (Phi) is 8.20. The van der Waals surface area contributed by atoms with Gasteiger partial charge in [-0.15, -0.1) is 0 Å². The molecule has 0 saturated carbocycles. The van der Waals surface area contributed by atoms with Gasteiger partial charge in [0.2, 0.25) is 11.8 Å². The summed E-state index contributed by atoms with van der Waals surface area (Å²) in [7, 11) is 0. The summed E-state index contributed by atoms with van der Waals surface area (Å²) in [4.78, 5) is 40.8. The predicted octanol–water partition coefficient (Wildman–Crippen LogP) is 2.52. The zero-order valence-corrected chi connectivity index (χ0v) is 19.2. The van der Waals surface area contributed by atoms with E-state index in [1.807, 2.05) is 29.2 Å². The number of halogens is 1. The van der Waals surface area contributed by atoms with Crippen molar-refractivity contribution in [2.75, 3.05) is 44.6 Å². The van der Waals surface area contributed by atoms with Crippen LogP contribution in [0.2, 0.25) is 0 Å². The van der Waals surface area contributed by atoms with E-state index in [0.717, 1.165) is 22.1 Å². The van der Waals surface area contributed by atoms with Gasteiger partial charge in [-0.1, -0.05) is 41.1 Å².